The monoisotopic (exact) mass is 393 g/mol. The maximum absolute atomic E-state index is 13.2. The highest BCUT2D eigenvalue weighted by molar-refractivity contribution is 6.17. The van der Waals surface area contributed by atoms with E-state index in [0.717, 1.165) is 11.1 Å². The van der Waals surface area contributed by atoms with Crippen LogP contribution >= 0.6 is 0 Å². The third-order valence-electron chi connectivity index (χ3n) is 5.04. The Labute approximate surface area is 171 Å². The number of ether oxygens (including phenoxy) is 1. The van der Waals surface area contributed by atoms with E-state index in [1.54, 1.807) is 45.0 Å². The third-order valence-corrected chi connectivity index (χ3v) is 5.04. The SMILES string of the molecule is CCOc1ccc(N2C(=O)C(O)=C(C(=O)C(C)(C)C)C2c2ccccc2C)cc1. The summed E-state index contributed by atoms with van der Waals surface area (Å²) in [6.07, 6.45) is 0. The number of aryl methyl sites for hydroxylation is 1. The zero-order valence-corrected chi connectivity index (χ0v) is 17.5. The van der Waals surface area contributed by atoms with E-state index in [-0.39, 0.29) is 11.4 Å². The van der Waals surface area contributed by atoms with E-state index < -0.39 is 23.1 Å². The molecule has 0 fully saturated rings. The second-order valence-electron chi connectivity index (χ2n) is 8.20. The van der Waals surface area contributed by atoms with Crippen molar-refractivity contribution in [2.24, 2.45) is 5.41 Å². The fourth-order valence-corrected chi connectivity index (χ4v) is 3.57. The number of hydrogen-bond donors (Lipinski definition) is 1. The van der Waals surface area contributed by atoms with E-state index in [4.69, 9.17) is 4.74 Å². The summed E-state index contributed by atoms with van der Waals surface area (Å²) in [7, 11) is 0. The summed E-state index contributed by atoms with van der Waals surface area (Å²) in [4.78, 5) is 27.8. The molecule has 2 aromatic carbocycles. The van der Waals surface area contributed by atoms with Gasteiger partial charge in [0.2, 0.25) is 0 Å². The number of ketones is 1. The first kappa shape index (κ1) is 20.6. The molecule has 152 valence electrons. The summed E-state index contributed by atoms with van der Waals surface area (Å²) in [5, 5.41) is 10.7. The van der Waals surface area contributed by atoms with E-state index in [0.29, 0.717) is 18.0 Å². The minimum Gasteiger partial charge on any atom is -0.503 e. The van der Waals surface area contributed by atoms with Crippen LogP contribution in [0, 0.1) is 12.3 Å². The molecule has 1 aliphatic rings. The number of aliphatic hydroxyl groups is 1. The van der Waals surface area contributed by atoms with E-state index in [2.05, 4.69) is 0 Å². The van der Waals surface area contributed by atoms with Gasteiger partial charge < -0.3 is 9.84 Å². The van der Waals surface area contributed by atoms with Gasteiger partial charge in [-0.3, -0.25) is 14.5 Å². The first-order valence-electron chi connectivity index (χ1n) is 9.76. The Balaban J connectivity index is 2.17. The summed E-state index contributed by atoms with van der Waals surface area (Å²) in [5.41, 5.74) is 1.75. The molecule has 1 atom stereocenters. The van der Waals surface area contributed by atoms with Crippen molar-refractivity contribution >= 4 is 17.4 Å². The lowest BCUT2D eigenvalue weighted by molar-refractivity contribution is -0.123. The number of rotatable bonds is 5. The minimum atomic E-state index is -0.737. The van der Waals surface area contributed by atoms with Gasteiger partial charge in [0.05, 0.1) is 18.2 Å². The van der Waals surface area contributed by atoms with Gasteiger partial charge in [-0.1, -0.05) is 45.0 Å². The maximum Gasteiger partial charge on any atom is 0.294 e. The van der Waals surface area contributed by atoms with Crippen LogP contribution in [-0.2, 0) is 9.59 Å². The Bertz CT molecular complexity index is 967. The summed E-state index contributed by atoms with van der Waals surface area (Å²) in [5.74, 6) is -0.606. The lowest BCUT2D eigenvalue weighted by Crippen LogP contribution is -2.33. The standard InChI is InChI=1S/C24H27NO4/c1-6-29-17-13-11-16(12-14-17)25-20(18-10-8-7-9-15(18)2)19(21(26)23(25)28)22(27)24(3,4)5/h7-14,20,26H,6H2,1-5H3. The normalized spacial score (nSPS) is 17.1. The first-order chi connectivity index (χ1) is 13.7. The smallest absolute Gasteiger partial charge is 0.294 e. The van der Waals surface area contributed by atoms with Crippen molar-refractivity contribution in [2.75, 3.05) is 11.5 Å². The molecule has 1 aliphatic heterocycles. The highest BCUT2D eigenvalue weighted by Gasteiger charge is 2.47. The van der Waals surface area contributed by atoms with Gasteiger partial charge in [-0.15, -0.1) is 0 Å². The molecule has 0 saturated heterocycles. The van der Waals surface area contributed by atoms with Crippen LogP contribution in [0.15, 0.2) is 59.9 Å². The van der Waals surface area contributed by atoms with E-state index in [1.807, 2.05) is 38.1 Å². The fourth-order valence-electron chi connectivity index (χ4n) is 3.57. The van der Waals surface area contributed by atoms with Crippen LogP contribution in [0.2, 0.25) is 0 Å². The number of aliphatic hydroxyl groups excluding tert-OH is 1. The van der Waals surface area contributed by atoms with Crippen molar-refractivity contribution in [3.05, 3.63) is 71.0 Å². The quantitative estimate of drug-likeness (QED) is 0.784. The molecule has 0 aromatic heterocycles. The lowest BCUT2D eigenvalue weighted by atomic mass is 9.81. The van der Waals surface area contributed by atoms with Crippen LogP contribution in [0.1, 0.15) is 44.9 Å². The molecule has 3 rings (SSSR count). The highest BCUT2D eigenvalue weighted by atomic mass is 16.5. The molecule has 1 unspecified atom stereocenters. The zero-order chi connectivity index (χ0) is 21.3. The zero-order valence-electron chi connectivity index (χ0n) is 17.5. The molecule has 0 radical (unpaired) electrons. The third kappa shape index (κ3) is 3.77. The van der Waals surface area contributed by atoms with Crippen molar-refractivity contribution < 1.29 is 19.4 Å². The van der Waals surface area contributed by atoms with Crippen molar-refractivity contribution in [1.82, 2.24) is 0 Å². The highest BCUT2D eigenvalue weighted by Crippen LogP contribution is 2.44. The average Bonchev–Trinajstić information content (AvgIpc) is 2.93. The number of carbonyl (C=O) groups excluding carboxylic acids is 2. The maximum atomic E-state index is 13.2. The van der Waals surface area contributed by atoms with Gasteiger partial charge in [-0.2, -0.15) is 0 Å². The summed E-state index contributed by atoms with van der Waals surface area (Å²) in [6.45, 7) is 9.74. The van der Waals surface area contributed by atoms with Gasteiger partial charge in [0.25, 0.3) is 5.91 Å². The van der Waals surface area contributed by atoms with Crippen LogP contribution in [0.5, 0.6) is 5.75 Å². The molecular weight excluding hydrogens is 366 g/mol. The molecule has 1 amide bonds. The number of hydrogen-bond acceptors (Lipinski definition) is 4. The van der Waals surface area contributed by atoms with Crippen LogP contribution in [0.25, 0.3) is 0 Å². The van der Waals surface area contributed by atoms with Crippen LogP contribution in [-0.4, -0.2) is 23.4 Å². The van der Waals surface area contributed by atoms with Gasteiger partial charge >= 0.3 is 0 Å². The molecule has 0 saturated carbocycles. The number of carbonyl (C=O) groups is 2. The molecule has 0 spiro atoms. The Kier molecular flexibility index (Phi) is 5.51. The van der Waals surface area contributed by atoms with Crippen molar-refractivity contribution in [3.8, 4) is 5.75 Å². The number of anilines is 1. The van der Waals surface area contributed by atoms with Gasteiger partial charge in [0.1, 0.15) is 5.75 Å². The Morgan fingerprint density at radius 3 is 2.28 bits per heavy atom. The summed E-state index contributed by atoms with van der Waals surface area (Å²) >= 11 is 0. The average molecular weight is 393 g/mol. The second-order valence-corrected chi connectivity index (χ2v) is 8.20. The first-order valence-corrected chi connectivity index (χ1v) is 9.76. The van der Waals surface area contributed by atoms with Crippen molar-refractivity contribution in [1.29, 1.82) is 0 Å². The number of Topliss-reactive ketones (excluding diaryl/α,β-unsaturated/α-hetero) is 1. The Hall–Kier alpha value is -3.08. The predicted molar refractivity (Wildman–Crippen MR) is 113 cm³/mol. The van der Waals surface area contributed by atoms with Gasteiger partial charge in [-0.05, 0) is 49.2 Å². The molecule has 5 nitrogen and oxygen atoms in total. The number of nitrogens with zero attached hydrogens (tertiary/aromatic N) is 1. The lowest BCUT2D eigenvalue weighted by Gasteiger charge is -2.30. The van der Waals surface area contributed by atoms with Crippen LogP contribution in [0.3, 0.4) is 0 Å². The minimum absolute atomic E-state index is 0.144. The number of amides is 1. The molecular formula is C24H27NO4. The largest absolute Gasteiger partial charge is 0.503 e. The van der Waals surface area contributed by atoms with Crippen LogP contribution < -0.4 is 9.64 Å². The Morgan fingerprint density at radius 2 is 1.72 bits per heavy atom. The molecule has 2 aromatic rings. The Morgan fingerprint density at radius 1 is 1.10 bits per heavy atom. The van der Waals surface area contributed by atoms with Gasteiger partial charge in [0, 0.05) is 11.1 Å². The number of benzene rings is 2. The predicted octanol–water partition coefficient (Wildman–Crippen LogP) is 4.91. The molecule has 29 heavy (non-hydrogen) atoms. The summed E-state index contributed by atoms with van der Waals surface area (Å²) in [6, 6.07) is 14.0. The molecule has 1 N–H and O–H groups in total. The van der Waals surface area contributed by atoms with E-state index in [1.165, 1.54) is 4.90 Å². The van der Waals surface area contributed by atoms with Gasteiger partial charge in [-0.25, -0.2) is 0 Å². The summed E-state index contributed by atoms with van der Waals surface area (Å²) < 4.78 is 5.49. The fraction of sp³-hybridized carbons (Fsp3) is 0.333. The topological polar surface area (TPSA) is 66.8 Å². The molecule has 1 heterocycles. The van der Waals surface area contributed by atoms with Crippen molar-refractivity contribution in [3.63, 3.8) is 0 Å². The molecule has 5 heteroatoms. The van der Waals surface area contributed by atoms with Crippen LogP contribution in [0.4, 0.5) is 5.69 Å². The van der Waals surface area contributed by atoms with E-state index in [9.17, 15) is 14.7 Å². The van der Waals surface area contributed by atoms with Gasteiger partial charge in [0.15, 0.2) is 11.5 Å². The molecule has 0 aliphatic carbocycles. The van der Waals surface area contributed by atoms with E-state index >= 15 is 0 Å². The second kappa shape index (κ2) is 7.74. The molecule has 0 bridgehead atoms. The van der Waals surface area contributed by atoms with Crippen molar-refractivity contribution in [2.45, 2.75) is 40.7 Å².